The second kappa shape index (κ2) is 6.84. The Hall–Kier alpha value is -1.77. The molecule has 0 saturated heterocycles. The smallest absolute Gasteiger partial charge is 0.333 e. The molecule has 98 valence electrons. The van der Waals surface area contributed by atoms with Crippen LogP contribution in [-0.4, -0.2) is 18.7 Å². The van der Waals surface area contributed by atoms with Crippen molar-refractivity contribution in [2.24, 2.45) is 0 Å². The molecule has 1 rings (SSSR count). The molecule has 18 heavy (non-hydrogen) atoms. The Morgan fingerprint density at radius 3 is 2.72 bits per heavy atom. The molecule has 0 heterocycles. The first kappa shape index (κ1) is 14.3. The van der Waals surface area contributed by atoms with Crippen LogP contribution in [0, 0.1) is 0 Å². The van der Waals surface area contributed by atoms with Crippen molar-refractivity contribution < 1.29 is 14.3 Å². The molecule has 0 fully saturated rings. The Kier molecular flexibility index (Phi) is 5.43. The minimum absolute atomic E-state index is 0.135. The molecule has 3 nitrogen and oxygen atoms in total. The summed E-state index contributed by atoms with van der Waals surface area (Å²) in [7, 11) is 0. The third-order valence-corrected chi connectivity index (χ3v) is 2.21. The highest BCUT2D eigenvalue weighted by Gasteiger charge is 2.05. The van der Waals surface area contributed by atoms with Crippen molar-refractivity contribution in [2.75, 3.05) is 6.61 Å². The molecule has 1 aromatic carbocycles. The molecular weight excluding hydrogens is 228 g/mol. The monoisotopic (exact) mass is 248 g/mol. The number of carbonyl (C=O) groups is 1. The van der Waals surface area contributed by atoms with Gasteiger partial charge in [0.1, 0.15) is 5.75 Å². The van der Waals surface area contributed by atoms with Crippen LogP contribution in [0.25, 0.3) is 6.08 Å². The molecule has 0 radical (unpaired) electrons. The summed E-state index contributed by atoms with van der Waals surface area (Å²) in [5.41, 5.74) is 1.51. The lowest BCUT2D eigenvalue weighted by atomic mass is 10.1. The fraction of sp³-hybridized carbons (Fsp3) is 0.400. The minimum Gasteiger partial charge on any atom is -0.491 e. The quantitative estimate of drug-likeness (QED) is 0.591. The van der Waals surface area contributed by atoms with Crippen molar-refractivity contribution in [3.05, 3.63) is 35.4 Å². The number of hydrogen-bond acceptors (Lipinski definition) is 3. The van der Waals surface area contributed by atoms with Gasteiger partial charge >= 0.3 is 5.97 Å². The highest BCUT2D eigenvalue weighted by molar-refractivity contribution is 5.93. The van der Waals surface area contributed by atoms with E-state index in [0.717, 1.165) is 11.3 Å². The van der Waals surface area contributed by atoms with E-state index in [1.54, 1.807) is 19.9 Å². The molecule has 0 N–H and O–H groups in total. The van der Waals surface area contributed by atoms with Crippen LogP contribution in [0.4, 0.5) is 0 Å². The van der Waals surface area contributed by atoms with E-state index in [1.807, 2.05) is 38.1 Å². The Bertz CT molecular complexity index is 433. The second-order valence-electron chi connectivity index (χ2n) is 4.29. The van der Waals surface area contributed by atoms with Crippen LogP contribution in [-0.2, 0) is 9.53 Å². The first-order valence-corrected chi connectivity index (χ1v) is 6.15. The van der Waals surface area contributed by atoms with E-state index >= 15 is 0 Å². The van der Waals surface area contributed by atoms with Crippen LogP contribution in [0.3, 0.4) is 0 Å². The maximum atomic E-state index is 11.5. The second-order valence-corrected chi connectivity index (χ2v) is 4.29. The normalized spacial score (nSPS) is 11.5. The van der Waals surface area contributed by atoms with Crippen molar-refractivity contribution in [3.8, 4) is 5.75 Å². The van der Waals surface area contributed by atoms with E-state index in [1.165, 1.54) is 0 Å². The summed E-state index contributed by atoms with van der Waals surface area (Å²) in [6.07, 6.45) is 1.93. The molecule has 0 unspecified atom stereocenters. The summed E-state index contributed by atoms with van der Waals surface area (Å²) in [4.78, 5) is 11.5. The average Bonchev–Trinajstić information content (AvgIpc) is 2.28. The van der Waals surface area contributed by atoms with Gasteiger partial charge in [0, 0.05) is 5.57 Å². The van der Waals surface area contributed by atoms with Gasteiger partial charge in [-0.2, -0.15) is 0 Å². The largest absolute Gasteiger partial charge is 0.491 e. The lowest BCUT2D eigenvalue weighted by Gasteiger charge is -2.10. The molecule has 0 aliphatic rings. The predicted octanol–water partition coefficient (Wildman–Crippen LogP) is 3.44. The molecule has 0 amide bonds. The Morgan fingerprint density at radius 1 is 1.39 bits per heavy atom. The number of hydrogen-bond donors (Lipinski definition) is 0. The average molecular weight is 248 g/mol. The Morgan fingerprint density at radius 2 is 2.11 bits per heavy atom. The van der Waals surface area contributed by atoms with Crippen LogP contribution in [0.15, 0.2) is 29.8 Å². The number of rotatable bonds is 5. The zero-order valence-corrected chi connectivity index (χ0v) is 11.4. The molecule has 0 aliphatic carbocycles. The van der Waals surface area contributed by atoms with Crippen molar-refractivity contribution in [1.29, 1.82) is 0 Å². The van der Waals surface area contributed by atoms with E-state index < -0.39 is 0 Å². The van der Waals surface area contributed by atoms with Crippen LogP contribution in [0.2, 0.25) is 0 Å². The number of esters is 1. The van der Waals surface area contributed by atoms with Crippen molar-refractivity contribution in [3.63, 3.8) is 0 Å². The van der Waals surface area contributed by atoms with Gasteiger partial charge in [0.2, 0.25) is 0 Å². The standard InChI is InChI=1S/C15H20O3/c1-5-17-15(16)12(4)9-13-7-6-8-14(10-13)18-11(2)3/h6-11H,5H2,1-4H3/b12-9+. The molecular formula is C15H20O3. The topological polar surface area (TPSA) is 35.5 Å². The first-order valence-electron chi connectivity index (χ1n) is 6.15. The number of ether oxygens (including phenoxy) is 2. The molecule has 0 saturated carbocycles. The summed E-state index contributed by atoms with van der Waals surface area (Å²) in [5, 5.41) is 0. The molecule has 3 heteroatoms. The van der Waals surface area contributed by atoms with Crippen molar-refractivity contribution in [2.45, 2.75) is 33.8 Å². The van der Waals surface area contributed by atoms with Gasteiger partial charge < -0.3 is 9.47 Å². The van der Waals surface area contributed by atoms with Gasteiger partial charge in [0.25, 0.3) is 0 Å². The van der Waals surface area contributed by atoms with Gasteiger partial charge in [-0.1, -0.05) is 12.1 Å². The summed E-state index contributed by atoms with van der Waals surface area (Å²) in [5.74, 6) is 0.517. The minimum atomic E-state index is -0.285. The fourth-order valence-corrected chi connectivity index (χ4v) is 1.50. The van der Waals surface area contributed by atoms with Crippen molar-refractivity contribution in [1.82, 2.24) is 0 Å². The van der Waals surface area contributed by atoms with Gasteiger partial charge in [-0.15, -0.1) is 0 Å². The van der Waals surface area contributed by atoms with E-state index in [9.17, 15) is 4.79 Å². The van der Waals surface area contributed by atoms with E-state index in [-0.39, 0.29) is 12.1 Å². The van der Waals surface area contributed by atoms with E-state index in [4.69, 9.17) is 9.47 Å². The number of benzene rings is 1. The van der Waals surface area contributed by atoms with Gasteiger partial charge in [0.05, 0.1) is 12.7 Å². The molecule has 0 atom stereocenters. The molecule has 0 bridgehead atoms. The first-order chi connectivity index (χ1) is 8.52. The third kappa shape index (κ3) is 4.62. The summed E-state index contributed by atoms with van der Waals surface area (Å²) in [6, 6.07) is 7.64. The highest BCUT2D eigenvalue weighted by Crippen LogP contribution is 2.17. The lowest BCUT2D eigenvalue weighted by molar-refractivity contribution is -0.138. The van der Waals surface area contributed by atoms with Crippen LogP contribution in [0.5, 0.6) is 5.75 Å². The fourth-order valence-electron chi connectivity index (χ4n) is 1.50. The van der Waals surface area contributed by atoms with Gasteiger partial charge in [-0.25, -0.2) is 4.79 Å². The van der Waals surface area contributed by atoms with Crippen LogP contribution in [0.1, 0.15) is 33.3 Å². The van der Waals surface area contributed by atoms with E-state index in [2.05, 4.69) is 0 Å². The van der Waals surface area contributed by atoms with Crippen molar-refractivity contribution >= 4 is 12.0 Å². The lowest BCUT2D eigenvalue weighted by Crippen LogP contribution is -2.06. The third-order valence-electron chi connectivity index (χ3n) is 2.21. The molecule has 1 aromatic rings. The summed E-state index contributed by atoms with van der Waals surface area (Å²) >= 11 is 0. The van der Waals surface area contributed by atoms with Gasteiger partial charge in [-0.05, 0) is 51.5 Å². The Balaban J connectivity index is 2.83. The van der Waals surface area contributed by atoms with Gasteiger partial charge in [-0.3, -0.25) is 0 Å². The SMILES string of the molecule is CCOC(=O)/C(C)=C/c1cccc(OC(C)C)c1. The maximum absolute atomic E-state index is 11.5. The van der Waals surface area contributed by atoms with E-state index in [0.29, 0.717) is 12.2 Å². The predicted molar refractivity (Wildman–Crippen MR) is 72.5 cm³/mol. The molecule has 0 aromatic heterocycles. The zero-order valence-electron chi connectivity index (χ0n) is 11.4. The summed E-state index contributed by atoms with van der Waals surface area (Å²) in [6.45, 7) is 7.88. The zero-order chi connectivity index (χ0) is 13.5. The number of carbonyl (C=O) groups excluding carboxylic acids is 1. The maximum Gasteiger partial charge on any atom is 0.333 e. The summed E-state index contributed by atoms with van der Waals surface area (Å²) < 4.78 is 10.5. The van der Waals surface area contributed by atoms with Crippen LogP contribution < -0.4 is 4.74 Å². The molecule has 0 spiro atoms. The highest BCUT2D eigenvalue weighted by atomic mass is 16.5. The Labute approximate surface area is 108 Å². The van der Waals surface area contributed by atoms with Crippen LogP contribution >= 0.6 is 0 Å². The molecule has 0 aliphatic heterocycles. The van der Waals surface area contributed by atoms with Gasteiger partial charge in [0.15, 0.2) is 0 Å².